The van der Waals surface area contributed by atoms with Crippen LogP contribution in [0.25, 0.3) is 0 Å². The van der Waals surface area contributed by atoms with Gasteiger partial charge in [-0.15, -0.1) is 0 Å². The van der Waals surface area contributed by atoms with Gasteiger partial charge in [-0.3, -0.25) is 4.79 Å². The number of carboxylic acids is 1. The summed E-state index contributed by atoms with van der Waals surface area (Å²) in [7, 11) is -3.56. The third-order valence-corrected chi connectivity index (χ3v) is 6.21. The van der Waals surface area contributed by atoms with Crippen molar-refractivity contribution in [1.82, 2.24) is 13.5 Å². The standard InChI is InChI=1S/C14H19N3O7S/c18-13(11-1-2-12(24-11)14(19)20)15-3-5-16(6-4-15)25(21,22)17-7-9-23-10-8-17/h1-2H,3-10H2,(H,19,20). The number of hydrogen-bond acceptors (Lipinski definition) is 6. The van der Waals surface area contributed by atoms with Crippen molar-refractivity contribution < 1.29 is 32.3 Å². The van der Waals surface area contributed by atoms with E-state index in [1.54, 1.807) is 0 Å². The summed E-state index contributed by atoms with van der Waals surface area (Å²) < 4.78 is 38.1. The van der Waals surface area contributed by atoms with E-state index in [2.05, 4.69) is 0 Å². The topological polar surface area (TPSA) is 121 Å². The van der Waals surface area contributed by atoms with Crippen LogP contribution in [-0.2, 0) is 14.9 Å². The first-order valence-electron chi connectivity index (χ1n) is 7.85. The molecule has 3 rings (SSSR count). The van der Waals surface area contributed by atoms with Gasteiger partial charge in [-0.25, -0.2) is 4.79 Å². The van der Waals surface area contributed by atoms with Crippen molar-refractivity contribution >= 4 is 22.1 Å². The molecule has 0 spiro atoms. The maximum Gasteiger partial charge on any atom is 0.371 e. The van der Waals surface area contributed by atoms with Crippen LogP contribution in [0.3, 0.4) is 0 Å². The Balaban J connectivity index is 1.61. The van der Waals surface area contributed by atoms with Gasteiger partial charge < -0.3 is 19.2 Å². The van der Waals surface area contributed by atoms with Crippen molar-refractivity contribution in [2.75, 3.05) is 52.5 Å². The molecule has 10 nitrogen and oxygen atoms in total. The van der Waals surface area contributed by atoms with E-state index in [4.69, 9.17) is 14.3 Å². The lowest BCUT2D eigenvalue weighted by atomic mass is 10.3. The zero-order chi connectivity index (χ0) is 18.0. The Morgan fingerprint density at radius 2 is 1.48 bits per heavy atom. The minimum absolute atomic E-state index is 0.0677. The molecule has 11 heteroatoms. The molecule has 0 unspecified atom stereocenters. The van der Waals surface area contributed by atoms with Crippen molar-refractivity contribution in [1.29, 1.82) is 0 Å². The summed E-state index contributed by atoms with van der Waals surface area (Å²) in [5, 5.41) is 8.83. The van der Waals surface area contributed by atoms with Gasteiger partial charge in [0, 0.05) is 39.3 Å². The Morgan fingerprint density at radius 1 is 0.920 bits per heavy atom. The second kappa shape index (κ2) is 7.12. The highest BCUT2D eigenvalue weighted by molar-refractivity contribution is 7.86. The molecule has 1 aromatic rings. The summed E-state index contributed by atoms with van der Waals surface area (Å²) >= 11 is 0. The van der Waals surface area contributed by atoms with Crippen LogP contribution in [0.2, 0.25) is 0 Å². The molecule has 2 aliphatic heterocycles. The number of carbonyl (C=O) groups is 2. The molecular weight excluding hydrogens is 354 g/mol. The molecular formula is C14H19N3O7S. The first-order valence-corrected chi connectivity index (χ1v) is 9.24. The Kier molecular flexibility index (Phi) is 5.08. The lowest BCUT2D eigenvalue weighted by Gasteiger charge is -2.37. The predicted octanol–water partition coefficient (Wildman–Crippen LogP) is -0.687. The van der Waals surface area contributed by atoms with Gasteiger partial charge in [-0.1, -0.05) is 0 Å². The summed E-state index contributed by atoms with van der Waals surface area (Å²) in [5.74, 6) is -2.07. The van der Waals surface area contributed by atoms with E-state index in [1.165, 1.54) is 25.6 Å². The molecule has 25 heavy (non-hydrogen) atoms. The fourth-order valence-electron chi connectivity index (χ4n) is 2.79. The minimum Gasteiger partial charge on any atom is -0.475 e. The van der Waals surface area contributed by atoms with Crippen LogP contribution >= 0.6 is 0 Å². The number of piperazine rings is 1. The smallest absolute Gasteiger partial charge is 0.371 e. The highest BCUT2D eigenvalue weighted by Crippen LogP contribution is 2.16. The monoisotopic (exact) mass is 373 g/mol. The zero-order valence-electron chi connectivity index (χ0n) is 13.5. The van der Waals surface area contributed by atoms with E-state index >= 15 is 0 Å². The van der Waals surface area contributed by atoms with Crippen LogP contribution < -0.4 is 0 Å². The molecule has 2 saturated heterocycles. The number of aromatic carboxylic acids is 1. The first-order chi connectivity index (χ1) is 11.9. The molecule has 1 amide bonds. The number of ether oxygens (including phenoxy) is 1. The Hall–Kier alpha value is -1.95. The second-order valence-electron chi connectivity index (χ2n) is 5.68. The van der Waals surface area contributed by atoms with Gasteiger partial charge in [0.2, 0.25) is 5.76 Å². The predicted molar refractivity (Wildman–Crippen MR) is 84.5 cm³/mol. The van der Waals surface area contributed by atoms with Crippen LogP contribution in [0.5, 0.6) is 0 Å². The molecule has 1 aromatic heterocycles. The van der Waals surface area contributed by atoms with Gasteiger partial charge in [0.1, 0.15) is 0 Å². The van der Waals surface area contributed by atoms with Crippen molar-refractivity contribution in [3.05, 3.63) is 23.7 Å². The van der Waals surface area contributed by atoms with Crippen LogP contribution in [-0.4, -0.2) is 91.4 Å². The maximum absolute atomic E-state index is 12.6. The van der Waals surface area contributed by atoms with Crippen molar-refractivity contribution in [2.45, 2.75) is 0 Å². The summed E-state index contributed by atoms with van der Waals surface area (Å²) in [6, 6.07) is 2.53. The van der Waals surface area contributed by atoms with E-state index in [0.29, 0.717) is 26.3 Å². The number of nitrogens with zero attached hydrogens (tertiary/aromatic N) is 3. The number of carbonyl (C=O) groups excluding carboxylic acids is 1. The molecule has 0 radical (unpaired) electrons. The SMILES string of the molecule is O=C(O)c1ccc(C(=O)N2CCN(S(=O)(=O)N3CCOCC3)CC2)o1. The number of morpholine rings is 1. The van der Waals surface area contributed by atoms with E-state index in [1.807, 2.05) is 0 Å². The normalized spacial score (nSPS) is 20.6. The van der Waals surface area contributed by atoms with Crippen LogP contribution in [0.1, 0.15) is 21.1 Å². The summed E-state index contributed by atoms with van der Waals surface area (Å²) in [6.45, 7) is 2.19. The number of carboxylic acid groups (broad SMARTS) is 1. The quantitative estimate of drug-likeness (QED) is 0.742. The lowest BCUT2D eigenvalue weighted by Crippen LogP contribution is -2.55. The number of rotatable bonds is 4. The van der Waals surface area contributed by atoms with Crippen LogP contribution in [0.4, 0.5) is 0 Å². The molecule has 2 aliphatic rings. The van der Waals surface area contributed by atoms with Gasteiger partial charge in [0.25, 0.3) is 16.1 Å². The summed E-state index contributed by atoms with van der Waals surface area (Å²) in [5.41, 5.74) is 0. The minimum atomic E-state index is -3.56. The molecule has 0 aromatic carbocycles. The highest BCUT2D eigenvalue weighted by Gasteiger charge is 2.34. The van der Waals surface area contributed by atoms with Gasteiger partial charge in [0.15, 0.2) is 5.76 Å². The average Bonchev–Trinajstić information content (AvgIpc) is 3.12. The molecule has 0 aliphatic carbocycles. The third kappa shape index (κ3) is 3.68. The fourth-order valence-corrected chi connectivity index (χ4v) is 4.35. The van der Waals surface area contributed by atoms with Gasteiger partial charge in [-0.2, -0.15) is 17.0 Å². The number of hydrogen-bond donors (Lipinski definition) is 1. The molecule has 0 atom stereocenters. The number of amides is 1. The van der Waals surface area contributed by atoms with Gasteiger partial charge in [0.05, 0.1) is 13.2 Å². The Bertz CT molecular complexity index is 746. The Labute approximate surface area is 144 Å². The van der Waals surface area contributed by atoms with E-state index in [-0.39, 0.29) is 37.7 Å². The van der Waals surface area contributed by atoms with Gasteiger partial charge in [-0.05, 0) is 12.1 Å². The molecule has 0 saturated carbocycles. The molecule has 138 valence electrons. The largest absolute Gasteiger partial charge is 0.475 e. The first kappa shape index (κ1) is 17.9. The van der Waals surface area contributed by atoms with E-state index < -0.39 is 22.1 Å². The second-order valence-corrected chi connectivity index (χ2v) is 7.61. The van der Waals surface area contributed by atoms with Crippen molar-refractivity contribution in [3.8, 4) is 0 Å². The lowest BCUT2D eigenvalue weighted by molar-refractivity contribution is 0.0606. The maximum atomic E-state index is 12.6. The van der Waals surface area contributed by atoms with Crippen molar-refractivity contribution in [3.63, 3.8) is 0 Å². The fraction of sp³-hybridized carbons (Fsp3) is 0.571. The average molecular weight is 373 g/mol. The van der Waals surface area contributed by atoms with Crippen LogP contribution in [0, 0.1) is 0 Å². The Morgan fingerprint density at radius 3 is 2.04 bits per heavy atom. The number of furan rings is 1. The molecule has 2 fully saturated rings. The van der Waals surface area contributed by atoms with Gasteiger partial charge >= 0.3 is 5.97 Å². The summed E-state index contributed by atoms with van der Waals surface area (Å²) in [6.07, 6.45) is 0. The highest BCUT2D eigenvalue weighted by atomic mass is 32.2. The third-order valence-electron chi connectivity index (χ3n) is 4.18. The van der Waals surface area contributed by atoms with Crippen LogP contribution in [0.15, 0.2) is 16.5 Å². The molecule has 1 N–H and O–H groups in total. The van der Waals surface area contributed by atoms with E-state index in [0.717, 1.165) is 0 Å². The van der Waals surface area contributed by atoms with E-state index in [9.17, 15) is 18.0 Å². The zero-order valence-corrected chi connectivity index (χ0v) is 14.3. The summed E-state index contributed by atoms with van der Waals surface area (Å²) in [4.78, 5) is 24.6. The molecule has 3 heterocycles. The van der Waals surface area contributed by atoms with Crippen molar-refractivity contribution in [2.24, 2.45) is 0 Å². The molecule has 0 bridgehead atoms.